The molecule has 4 rings (SSSR count). The highest BCUT2D eigenvalue weighted by molar-refractivity contribution is 5.97. The lowest BCUT2D eigenvalue weighted by atomic mass is 10.2. The second kappa shape index (κ2) is 10.9. The Balaban J connectivity index is 2.04. The third-order valence-electron chi connectivity index (χ3n) is 5.55. The molecule has 0 aliphatic rings. The summed E-state index contributed by atoms with van der Waals surface area (Å²) in [5.41, 5.74) is -0.0296. The number of fused-ring (bicyclic) bond motifs is 2. The van der Waals surface area contributed by atoms with Crippen molar-refractivity contribution in [1.82, 2.24) is 14.0 Å². The van der Waals surface area contributed by atoms with Crippen molar-refractivity contribution < 1.29 is 24.0 Å². The van der Waals surface area contributed by atoms with Gasteiger partial charge < -0.3 is 14.0 Å². The molecular weight excluding hydrogens is 482 g/mol. The maximum atomic E-state index is 13.3. The van der Waals surface area contributed by atoms with Crippen LogP contribution in [-0.4, -0.2) is 51.1 Å². The number of esters is 1. The summed E-state index contributed by atoms with van der Waals surface area (Å²) in [5.74, 6) is -1.50. The van der Waals surface area contributed by atoms with E-state index in [0.29, 0.717) is 18.7 Å². The van der Waals surface area contributed by atoms with Gasteiger partial charge in [-0.25, -0.2) is 9.78 Å². The zero-order valence-electron chi connectivity index (χ0n) is 20.1. The number of ether oxygens (including phenoxy) is 2. The summed E-state index contributed by atoms with van der Waals surface area (Å²) in [5, 5.41) is 11.1. The SMILES string of the molecule is CCOC(=O)c1cc2c(=O)n3ccccc3nc2n(CCCOC)c1=NC(=O)c1ccc([N+](=O)[O-])cc1. The van der Waals surface area contributed by atoms with Crippen LogP contribution in [0.5, 0.6) is 0 Å². The highest BCUT2D eigenvalue weighted by Crippen LogP contribution is 2.14. The van der Waals surface area contributed by atoms with E-state index in [1.54, 1.807) is 38.4 Å². The van der Waals surface area contributed by atoms with Crippen LogP contribution in [0.1, 0.15) is 34.1 Å². The van der Waals surface area contributed by atoms with E-state index in [4.69, 9.17) is 9.47 Å². The number of nitro benzene ring substituents is 1. The Labute approximate surface area is 209 Å². The number of hydrogen-bond acceptors (Lipinski definition) is 8. The van der Waals surface area contributed by atoms with Gasteiger partial charge >= 0.3 is 5.97 Å². The molecule has 0 bridgehead atoms. The van der Waals surface area contributed by atoms with Crippen LogP contribution in [0.3, 0.4) is 0 Å². The average Bonchev–Trinajstić information content (AvgIpc) is 2.90. The predicted molar refractivity (Wildman–Crippen MR) is 132 cm³/mol. The van der Waals surface area contributed by atoms with Crippen molar-refractivity contribution in [3.63, 3.8) is 0 Å². The van der Waals surface area contributed by atoms with Crippen LogP contribution in [0, 0.1) is 10.1 Å². The van der Waals surface area contributed by atoms with Crippen molar-refractivity contribution in [1.29, 1.82) is 0 Å². The smallest absolute Gasteiger partial charge is 0.341 e. The van der Waals surface area contributed by atoms with E-state index in [1.807, 2.05) is 0 Å². The minimum absolute atomic E-state index is 0.0439. The first kappa shape index (κ1) is 25.4. The Bertz CT molecular complexity index is 1640. The van der Waals surface area contributed by atoms with Crippen molar-refractivity contribution in [3.05, 3.63) is 91.8 Å². The zero-order valence-corrected chi connectivity index (χ0v) is 20.1. The third-order valence-corrected chi connectivity index (χ3v) is 5.55. The Hall–Kier alpha value is -4.71. The van der Waals surface area contributed by atoms with Gasteiger partial charge in [0.25, 0.3) is 17.2 Å². The van der Waals surface area contributed by atoms with E-state index in [2.05, 4.69) is 9.98 Å². The van der Waals surface area contributed by atoms with E-state index in [-0.39, 0.29) is 46.5 Å². The minimum Gasteiger partial charge on any atom is -0.462 e. The van der Waals surface area contributed by atoms with E-state index >= 15 is 0 Å². The Kier molecular flexibility index (Phi) is 7.49. The summed E-state index contributed by atoms with van der Waals surface area (Å²) in [7, 11) is 1.54. The number of methoxy groups -OCH3 is 1. The molecule has 0 aliphatic carbocycles. The molecule has 0 N–H and O–H groups in total. The van der Waals surface area contributed by atoms with E-state index in [9.17, 15) is 24.5 Å². The first-order chi connectivity index (χ1) is 17.8. The number of rotatable bonds is 8. The first-order valence-electron chi connectivity index (χ1n) is 11.4. The Morgan fingerprint density at radius 3 is 2.59 bits per heavy atom. The predicted octanol–water partition coefficient (Wildman–Crippen LogP) is 2.51. The lowest BCUT2D eigenvalue weighted by Crippen LogP contribution is -2.33. The van der Waals surface area contributed by atoms with Crippen molar-refractivity contribution >= 4 is 34.2 Å². The standard InChI is InChI=1S/C25H23N5O7/c1-3-37-25(33)19-15-18-21(26-20-7-4-5-12-28(20)24(18)32)29(13-6-14-36-2)22(19)27-23(31)16-8-10-17(11-9-16)30(34)35/h4-5,7-12,15H,3,6,13-14H2,1-2H3. The summed E-state index contributed by atoms with van der Waals surface area (Å²) in [4.78, 5) is 58.6. The molecular formula is C25H23N5O7. The number of pyridine rings is 2. The van der Waals surface area contributed by atoms with Gasteiger partial charge in [-0.3, -0.25) is 24.1 Å². The van der Waals surface area contributed by atoms with E-state index in [0.717, 1.165) is 0 Å². The molecule has 3 aromatic heterocycles. The van der Waals surface area contributed by atoms with Gasteiger partial charge in [0.1, 0.15) is 16.9 Å². The summed E-state index contributed by atoms with van der Waals surface area (Å²) < 4.78 is 13.2. The van der Waals surface area contributed by atoms with Crippen LogP contribution in [0.15, 0.2) is 64.5 Å². The number of aryl methyl sites for hydroxylation is 1. The fraction of sp³-hybridized carbons (Fsp3) is 0.240. The minimum atomic E-state index is -0.766. The lowest BCUT2D eigenvalue weighted by Gasteiger charge is -2.15. The Morgan fingerprint density at radius 2 is 1.92 bits per heavy atom. The average molecular weight is 505 g/mol. The molecule has 4 aromatic rings. The van der Waals surface area contributed by atoms with Gasteiger partial charge in [0, 0.05) is 44.2 Å². The number of carbonyl (C=O) groups excluding carboxylic acids is 2. The molecule has 0 aliphatic heterocycles. The van der Waals surface area contributed by atoms with Crippen LogP contribution < -0.4 is 11.0 Å². The molecule has 0 spiro atoms. The second-order valence-corrected chi connectivity index (χ2v) is 7.90. The first-order valence-corrected chi connectivity index (χ1v) is 11.4. The molecule has 12 nitrogen and oxygen atoms in total. The molecule has 12 heteroatoms. The number of amides is 1. The van der Waals surface area contributed by atoms with Crippen LogP contribution in [-0.2, 0) is 16.0 Å². The van der Waals surface area contributed by atoms with Crippen molar-refractivity contribution in [3.8, 4) is 0 Å². The number of nitro groups is 1. The molecule has 0 saturated carbocycles. The highest BCUT2D eigenvalue weighted by Gasteiger charge is 2.20. The number of aromatic nitrogens is 3. The number of nitrogens with zero attached hydrogens (tertiary/aromatic N) is 5. The molecule has 1 aromatic carbocycles. The van der Waals surface area contributed by atoms with Crippen molar-refractivity contribution in [2.45, 2.75) is 19.9 Å². The van der Waals surface area contributed by atoms with Gasteiger partial charge in [0.2, 0.25) is 0 Å². The quantitative estimate of drug-likeness (QED) is 0.117. The topological polar surface area (TPSA) is 147 Å². The fourth-order valence-corrected chi connectivity index (χ4v) is 3.82. The zero-order chi connectivity index (χ0) is 26.5. The van der Waals surface area contributed by atoms with Crippen LogP contribution in [0.4, 0.5) is 5.69 Å². The lowest BCUT2D eigenvalue weighted by molar-refractivity contribution is -0.384. The number of hydrogen-bond donors (Lipinski definition) is 0. The summed E-state index contributed by atoms with van der Waals surface area (Å²) in [6.45, 7) is 2.28. The molecule has 3 heterocycles. The van der Waals surface area contributed by atoms with Gasteiger partial charge in [-0.2, -0.15) is 4.99 Å². The van der Waals surface area contributed by atoms with Crippen LogP contribution in [0.2, 0.25) is 0 Å². The fourth-order valence-electron chi connectivity index (χ4n) is 3.82. The van der Waals surface area contributed by atoms with Gasteiger partial charge in [-0.15, -0.1) is 0 Å². The Morgan fingerprint density at radius 1 is 1.16 bits per heavy atom. The monoisotopic (exact) mass is 505 g/mol. The normalized spacial score (nSPS) is 11.7. The van der Waals surface area contributed by atoms with Gasteiger partial charge in [-0.1, -0.05) is 6.07 Å². The summed E-state index contributed by atoms with van der Waals surface area (Å²) in [6.07, 6.45) is 2.03. The van der Waals surface area contributed by atoms with Crippen molar-refractivity contribution in [2.24, 2.45) is 4.99 Å². The molecule has 0 fully saturated rings. The van der Waals surface area contributed by atoms with Gasteiger partial charge in [0.15, 0.2) is 5.49 Å². The summed E-state index contributed by atoms with van der Waals surface area (Å²) >= 11 is 0. The van der Waals surface area contributed by atoms with E-state index in [1.165, 1.54) is 39.3 Å². The molecule has 37 heavy (non-hydrogen) atoms. The number of benzene rings is 1. The third kappa shape index (κ3) is 5.14. The molecule has 0 atom stereocenters. The molecule has 0 unspecified atom stereocenters. The van der Waals surface area contributed by atoms with Crippen LogP contribution >= 0.6 is 0 Å². The molecule has 190 valence electrons. The second-order valence-electron chi connectivity index (χ2n) is 7.90. The molecule has 1 amide bonds. The van der Waals surface area contributed by atoms with Crippen LogP contribution in [0.25, 0.3) is 16.7 Å². The maximum Gasteiger partial charge on any atom is 0.341 e. The number of non-ortho nitro benzene ring substituents is 1. The summed E-state index contributed by atoms with van der Waals surface area (Å²) in [6, 6.07) is 11.4. The van der Waals surface area contributed by atoms with E-state index < -0.39 is 22.4 Å². The molecule has 0 radical (unpaired) electrons. The van der Waals surface area contributed by atoms with Gasteiger partial charge in [0.05, 0.1) is 16.9 Å². The molecule has 0 saturated heterocycles. The van der Waals surface area contributed by atoms with Crippen molar-refractivity contribution in [2.75, 3.05) is 20.3 Å². The largest absolute Gasteiger partial charge is 0.462 e. The number of carbonyl (C=O) groups is 2. The maximum absolute atomic E-state index is 13.3. The van der Waals surface area contributed by atoms with Gasteiger partial charge in [-0.05, 0) is 43.7 Å². The highest BCUT2D eigenvalue weighted by atomic mass is 16.6.